The lowest BCUT2D eigenvalue weighted by atomic mass is 9.98. The molecule has 0 aliphatic carbocycles. The largest absolute Gasteiger partial charge is 0.497 e. The lowest BCUT2D eigenvalue weighted by Gasteiger charge is -2.15. The second-order valence-electron chi connectivity index (χ2n) is 6.51. The molecular formula is C24H21NO5. The lowest BCUT2D eigenvalue weighted by molar-refractivity contribution is -0.123. The zero-order valence-electron chi connectivity index (χ0n) is 16.6. The second kappa shape index (κ2) is 9.52. The van der Waals surface area contributed by atoms with Gasteiger partial charge >= 0.3 is 5.97 Å². The number of anilines is 1. The van der Waals surface area contributed by atoms with Gasteiger partial charge in [0, 0.05) is 22.9 Å². The fourth-order valence-corrected chi connectivity index (χ4v) is 2.83. The summed E-state index contributed by atoms with van der Waals surface area (Å²) in [6.45, 7) is 1.47. The van der Waals surface area contributed by atoms with Crippen LogP contribution < -0.4 is 10.1 Å². The van der Waals surface area contributed by atoms with E-state index >= 15 is 0 Å². The van der Waals surface area contributed by atoms with Gasteiger partial charge in [0.15, 0.2) is 11.9 Å². The van der Waals surface area contributed by atoms with E-state index in [0.29, 0.717) is 17.0 Å². The average molecular weight is 403 g/mol. The van der Waals surface area contributed by atoms with Gasteiger partial charge in [0.05, 0.1) is 12.7 Å². The number of esters is 1. The van der Waals surface area contributed by atoms with Crippen LogP contribution in [0.2, 0.25) is 0 Å². The van der Waals surface area contributed by atoms with E-state index < -0.39 is 18.0 Å². The topological polar surface area (TPSA) is 81.7 Å². The predicted octanol–water partition coefficient (Wildman–Crippen LogP) is 4.11. The standard InChI is InChI=1S/C24H21NO5/c1-16(23(27)25-18-11-8-12-19(15-18)29-2)30-24(28)21-14-7-6-13-20(21)22(26)17-9-4-3-5-10-17/h3-16H,1-2H3,(H,25,27)/t16-/m0/s1. The highest BCUT2D eigenvalue weighted by Crippen LogP contribution is 2.19. The number of carbonyl (C=O) groups excluding carboxylic acids is 3. The molecule has 0 fully saturated rings. The summed E-state index contributed by atoms with van der Waals surface area (Å²) in [6, 6.07) is 21.9. The van der Waals surface area contributed by atoms with Crippen LogP contribution in [0.15, 0.2) is 78.9 Å². The molecule has 6 nitrogen and oxygen atoms in total. The number of rotatable bonds is 7. The Bertz CT molecular complexity index is 1060. The Morgan fingerprint density at radius 2 is 1.50 bits per heavy atom. The molecule has 3 rings (SSSR count). The van der Waals surface area contributed by atoms with Gasteiger partial charge in [-0.2, -0.15) is 0 Å². The summed E-state index contributed by atoms with van der Waals surface area (Å²) >= 11 is 0. The van der Waals surface area contributed by atoms with Crippen molar-refractivity contribution in [3.05, 3.63) is 95.6 Å². The lowest BCUT2D eigenvalue weighted by Crippen LogP contribution is -2.30. The van der Waals surface area contributed by atoms with Gasteiger partial charge in [-0.1, -0.05) is 54.6 Å². The molecule has 0 unspecified atom stereocenters. The summed E-state index contributed by atoms with van der Waals surface area (Å²) in [6.07, 6.45) is -1.07. The molecule has 152 valence electrons. The maximum Gasteiger partial charge on any atom is 0.339 e. The summed E-state index contributed by atoms with van der Waals surface area (Å²) in [4.78, 5) is 37.9. The Hall–Kier alpha value is -3.93. The van der Waals surface area contributed by atoms with Crippen molar-refractivity contribution >= 4 is 23.3 Å². The van der Waals surface area contributed by atoms with E-state index in [1.54, 1.807) is 72.8 Å². The van der Waals surface area contributed by atoms with Crippen LogP contribution in [-0.4, -0.2) is 30.9 Å². The van der Waals surface area contributed by atoms with Crippen molar-refractivity contribution in [2.24, 2.45) is 0 Å². The van der Waals surface area contributed by atoms with E-state index in [4.69, 9.17) is 9.47 Å². The number of ether oxygens (including phenoxy) is 2. The summed E-state index contributed by atoms with van der Waals surface area (Å²) in [5.41, 5.74) is 1.30. The molecule has 0 bridgehead atoms. The van der Waals surface area contributed by atoms with E-state index in [2.05, 4.69) is 5.32 Å². The van der Waals surface area contributed by atoms with Crippen LogP contribution in [-0.2, 0) is 9.53 Å². The van der Waals surface area contributed by atoms with E-state index in [1.807, 2.05) is 0 Å². The molecule has 6 heteroatoms. The molecule has 0 aliphatic heterocycles. The molecule has 0 spiro atoms. The molecular weight excluding hydrogens is 382 g/mol. The molecule has 0 heterocycles. The fourth-order valence-electron chi connectivity index (χ4n) is 2.83. The zero-order chi connectivity index (χ0) is 21.5. The van der Waals surface area contributed by atoms with Crippen molar-refractivity contribution in [1.82, 2.24) is 0 Å². The third-order valence-electron chi connectivity index (χ3n) is 4.42. The molecule has 1 amide bonds. The van der Waals surface area contributed by atoms with E-state index in [9.17, 15) is 14.4 Å². The summed E-state index contributed by atoms with van der Waals surface area (Å²) in [5.74, 6) is -0.950. The summed E-state index contributed by atoms with van der Waals surface area (Å²) in [7, 11) is 1.53. The van der Waals surface area contributed by atoms with Crippen molar-refractivity contribution < 1.29 is 23.9 Å². The molecule has 1 atom stereocenters. The fraction of sp³-hybridized carbons (Fsp3) is 0.125. The van der Waals surface area contributed by atoms with Crippen LogP contribution in [0, 0.1) is 0 Å². The second-order valence-corrected chi connectivity index (χ2v) is 6.51. The van der Waals surface area contributed by atoms with Gasteiger partial charge in [0.2, 0.25) is 0 Å². The first-order valence-corrected chi connectivity index (χ1v) is 9.34. The van der Waals surface area contributed by atoms with Gasteiger partial charge in [-0.3, -0.25) is 9.59 Å². The molecule has 0 aromatic heterocycles. The predicted molar refractivity (Wildman–Crippen MR) is 113 cm³/mol. The first-order valence-electron chi connectivity index (χ1n) is 9.34. The highest BCUT2D eigenvalue weighted by Gasteiger charge is 2.23. The van der Waals surface area contributed by atoms with Crippen LogP contribution in [0.5, 0.6) is 5.75 Å². The van der Waals surface area contributed by atoms with E-state index in [-0.39, 0.29) is 16.9 Å². The van der Waals surface area contributed by atoms with Crippen LogP contribution in [0.3, 0.4) is 0 Å². The first kappa shape index (κ1) is 20.8. The molecule has 0 radical (unpaired) electrons. The quantitative estimate of drug-likeness (QED) is 0.474. The van der Waals surface area contributed by atoms with E-state index in [1.165, 1.54) is 20.1 Å². The maximum atomic E-state index is 12.8. The Kier molecular flexibility index (Phi) is 6.60. The number of nitrogens with one attached hydrogen (secondary N) is 1. The van der Waals surface area contributed by atoms with Crippen molar-refractivity contribution in [2.45, 2.75) is 13.0 Å². The van der Waals surface area contributed by atoms with Gasteiger partial charge in [-0.25, -0.2) is 4.79 Å². The molecule has 1 N–H and O–H groups in total. The SMILES string of the molecule is COc1cccc(NC(=O)[C@H](C)OC(=O)c2ccccc2C(=O)c2ccccc2)c1. The van der Waals surface area contributed by atoms with Gasteiger partial charge in [0.25, 0.3) is 5.91 Å². The normalized spacial score (nSPS) is 11.3. The van der Waals surface area contributed by atoms with Crippen molar-refractivity contribution in [1.29, 1.82) is 0 Å². The first-order chi connectivity index (χ1) is 14.5. The number of amides is 1. The molecule has 0 aliphatic rings. The summed E-state index contributed by atoms with van der Waals surface area (Å²) < 4.78 is 10.4. The molecule has 0 saturated carbocycles. The van der Waals surface area contributed by atoms with Crippen LogP contribution >= 0.6 is 0 Å². The zero-order valence-corrected chi connectivity index (χ0v) is 16.6. The maximum absolute atomic E-state index is 12.8. The molecule has 3 aromatic rings. The van der Waals surface area contributed by atoms with Gasteiger partial charge in [0.1, 0.15) is 5.75 Å². The highest BCUT2D eigenvalue weighted by molar-refractivity contribution is 6.14. The Morgan fingerprint density at radius 1 is 0.833 bits per heavy atom. The highest BCUT2D eigenvalue weighted by atomic mass is 16.5. The van der Waals surface area contributed by atoms with Crippen LogP contribution in [0.4, 0.5) is 5.69 Å². The minimum atomic E-state index is -1.07. The molecule has 0 saturated heterocycles. The van der Waals surface area contributed by atoms with Gasteiger partial charge in [-0.15, -0.1) is 0 Å². The van der Waals surface area contributed by atoms with E-state index in [0.717, 1.165) is 0 Å². The number of benzene rings is 3. The Labute approximate surface area is 174 Å². The van der Waals surface area contributed by atoms with Crippen molar-refractivity contribution in [3.63, 3.8) is 0 Å². The average Bonchev–Trinajstić information content (AvgIpc) is 2.79. The number of methoxy groups -OCH3 is 1. The third kappa shape index (κ3) is 4.91. The van der Waals surface area contributed by atoms with Crippen molar-refractivity contribution in [3.8, 4) is 5.75 Å². The molecule has 3 aromatic carbocycles. The third-order valence-corrected chi connectivity index (χ3v) is 4.42. The summed E-state index contributed by atoms with van der Waals surface area (Å²) in [5, 5.41) is 2.67. The number of hydrogen-bond acceptors (Lipinski definition) is 5. The van der Waals surface area contributed by atoms with Crippen LogP contribution in [0.1, 0.15) is 33.2 Å². The number of carbonyl (C=O) groups is 3. The van der Waals surface area contributed by atoms with Gasteiger partial charge < -0.3 is 14.8 Å². The molecule has 30 heavy (non-hydrogen) atoms. The Balaban J connectivity index is 1.72. The van der Waals surface area contributed by atoms with Crippen molar-refractivity contribution in [2.75, 3.05) is 12.4 Å². The minimum Gasteiger partial charge on any atom is -0.497 e. The Morgan fingerprint density at radius 3 is 2.20 bits per heavy atom. The minimum absolute atomic E-state index is 0.104. The van der Waals surface area contributed by atoms with Crippen LogP contribution in [0.25, 0.3) is 0 Å². The smallest absolute Gasteiger partial charge is 0.339 e. The van der Waals surface area contributed by atoms with Gasteiger partial charge in [-0.05, 0) is 25.1 Å². The number of ketones is 1. The monoisotopic (exact) mass is 403 g/mol. The number of hydrogen-bond donors (Lipinski definition) is 1.